The summed E-state index contributed by atoms with van der Waals surface area (Å²) in [6, 6.07) is 0.459. The van der Waals surface area contributed by atoms with E-state index < -0.39 is 0 Å². The Kier molecular flexibility index (Phi) is 3.72. The van der Waals surface area contributed by atoms with E-state index in [1.165, 1.54) is 12.8 Å². The van der Waals surface area contributed by atoms with Crippen LogP contribution in [0.15, 0.2) is 0 Å². The van der Waals surface area contributed by atoms with E-state index in [2.05, 4.69) is 25.7 Å². The normalized spacial score (nSPS) is 33.8. The molecule has 0 spiro atoms. The van der Waals surface area contributed by atoms with Crippen molar-refractivity contribution in [2.24, 2.45) is 10.8 Å². The van der Waals surface area contributed by atoms with Gasteiger partial charge >= 0.3 is 0 Å². The number of hydrogen-bond donors (Lipinski definition) is 1. The zero-order valence-corrected chi connectivity index (χ0v) is 12.0. The van der Waals surface area contributed by atoms with Crippen molar-refractivity contribution >= 4 is 5.91 Å². The summed E-state index contributed by atoms with van der Waals surface area (Å²) in [6.07, 6.45) is 5.73. The van der Waals surface area contributed by atoms with Gasteiger partial charge in [-0.25, -0.2) is 0 Å². The van der Waals surface area contributed by atoms with Crippen LogP contribution in [0.2, 0.25) is 0 Å². The lowest BCUT2D eigenvalue weighted by molar-refractivity contribution is -0.132. The highest BCUT2D eigenvalue weighted by atomic mass is 16.3. The molecule has 0 radical (unpaired) electrons. The Hall–Kier alpha value is -0.570. The smallest absolute Gasteiger partial charge is 0.222 e. The number of carbonyl (C=O) groups is 1. The number of unbranched alkanes of at least 4 members (excludes halogenated alkanes) is 1. The summed E-state index contributed by atoms with van der Waals surface area (Å²) >= 11 is 0. The summed E-state index contributed by atoms with van der Waals surface area (Å²) in [5.41, 5.74) is 0.705. The number of carbonyl (C=O) groups excluding carboxylic acids is 1. The van der Waals surface area contributed by atoms with Gasteiger partial charge in [0.05, 0.1) is 0 Å². The molecule has 1 heterocycles. The summed E-state index contributed by atoms with van der Waals surface area (Å²) in [7, 11) is 0. The first-order valence-corrected chi connectivity index (χ1v) is 7.26. The molecule has 1 N–H and O–H groups in total. The minimum atomic E-state index is 0.196. The average Bonchev–Trinajstić information content (AvgIpc) is 2.48. The molecule has 2 bridgehead atoms. The molecule has 3 nitrogen and oxygen atoms in total. The first-order valence-electron chi connectivity index (χ1n) is 7.26. The summed E-state index contributed by atoms with van der Waals surface area (Å²) in [5.74, 6) is 0.301. The lowest BCUT2D eigenvalue weighted by atomic mass is 9.65. The number of aliphatic hydroxyl groups is 1. The first kappa shape index (κ1) is 13.9. The van der Waals surface area contributed by atoms with Crippen molar-refractivity contribution in [3.8, 4) is 0 Å². The molecule has 2 unspecified atom stereocenters. The Morgan fingerprint density at radius 2 is 2.00 bits per heavy atom. The van der Waals surface area contributed by atoms with Gasteiger partial charge in [0.1, 0.15) is 0 Å². The molecule has 1 aliphatic carbocycles. The first-order chi connectivity index (χ1) is 8.35. The molecule has 1 saturated heterocycles. The second-order valence-electron chi connectivity index (χ2n) is 7.42. The highest BCUT2D eigenvalue weighted by molar-refractivity contribution is 5.77. The average molecular weight is 253 g/mol. The van der Waals surface area contributed by atoms with Crippen molar-refractivity contribution in [3.63, 3.8) is 0 Å². The van der Waals surface area contributed by atoms with Gasteiger partial charge < -0.3 is 10.0 Å². The van der Waals surface area contributed by atoms with Crippen molar-refractivity contribution in [3.05, 3.63) is 0 Å². The number of amides is 1. The van der Waals surface area contributed by atoms with E-state index in [1.807, 2.05) is 0 Å². The predicted octanol–water partition coefficient (Wildman–Crippen LogP) is 2.58. The van der Waals surface area contributed by atoms with Crippen LogP contribution >= 0.6 is 0 Å². The predicted molar refractivity (Wildman–Crippen MR) is 72.2 cm³/mol. The molecule has 1 saturated carbocycles. The van der Waals surface area contributed by atoms with Gasteiger partial charge in [-0.2, -0.15) is 0 Å². The van der Waals surface area contributed by atoms with Gasteiger partial charge in [-0.3, -0.25) is 4.79 Å². The van der Waals surface area contributed by atoms with Crippen LogP contribution in [0, 0.1) is 10.8 Å². The van der Waals surface area contributed by atoms with Crippen LogP contribution in [-0.4, -0.2) is 35.1 Å². The van der Waals surface area contributed by atoms with Crippen LogP contribution in [0.4, 0.5) is 0 Å². The molecule has 3 heteroatoms. The zero-order valence-electron chi connectivity index (χ0n) is 12.0. The van der Waals surface area contributed by atoms with E-state index in [0.717, 1.165) is 25.8 Å². The van der Waals surface area contributed by atoms with Crippen LogP contribution < -0.4 is 0 Å². The molecular formula is C15H27NO2. The van der Waals surface area contributed by atoms with Gasteiger partial charge in [0.25, 0.3) is 0 Å². The van der Waals surface area contributed by atoms with Crippen molar-refractivity contribution < 1.29 is 9.90 Å². The van der Waals surface area contributed by atoms with Crippen LogP contribution in [0.5, 0.6) is 0 Å². The summed E-state index contributed by atoms with van der Waals surface area (Å²) in [5, 5.41) is 8.78. The van der Waals surface area contributed by atoms with E-state index in [4.69, 9.17) is 5.11 Å². The number of fused-ring (bicyclic) bond motifs is 2. The second kappa shape index (κ2) is 4.84. The fourth-order valence-electron chi connectivity index (χ4n) is 4.28. The van der Waals surface area contributed by atoms with Crippen LogP contribution in [-0.2, 0) is 4.79 Å². The Balaban J connectivity index is 1.98. The highest BCUT2D eigenvalue weighted by Crippen LogP contribution is 2.52. The van der Waals surface area contributed by atoms with Gasteiger partial charge in [0.2, 0.25) is 5.91 Å². The molecule has 2 fully saturated rings. The summed E-state index contributed by atoms with van der Waals surface area (Å²) in [6.45, 7) is 8.14. The third kappa shape index (κ3) is 2.87. The quantitative estimate of drug-likeness (QED) is 0.782. The molecule has 2 rings (SSSR count). The highest BCUT2D eigenvalue weighted by Gasteiger charge is 2.50. The van der Waals surface area contributed by atoms with Crippen LogP contribution in [0.3, 0.4) is 0 Å². The molecule has 0 aromatic rings. The van der Waals surface area contributed by atoms with Crippen LogP contribution in [0.1, 0.15) is 59.3 Å². The molecule has 18 heavy (non-hydrogen) atoms. The third-order valence-electron chi connectivity index (χ3n) is 4.53. The lowest BCUT2D eigenvalue weighted by Gasteiger charge is -2.39. The van der Waals surface area contributed by atoms with E-state index in [9.17, 15) is 4.79 Å². The molecule has 2 aliphatic rings. The largest absolute Gasteiger partial charge is 0.396 e. The minimum Gasteiger partial charge on any atom is -0.396 e. The SMILES string of the molecule is CC1(C)CC2CC(C)(CN2C(=O)CCCCO)C1. The Labute approximate surface area is 111 Å². The fourth-order valence-corrected chi connectivity index (χ4v) is 4.28. The minimum absolute atomic E-state index is 0.196. The Morgan fingerprint density at radius 3 is 2.67 bits per heavy atom. The molecule has 2 atom stereocenters. The van der Waals surface area contributed by atoms with Crippen molar-refractivity contribution in [2.75, 3.05) is 13.2 Å². The second-order valence-corrected chi connectivity index (χ2v) is 7.42. The maximum atomic E-state index is 12.3. The molecular weight excluding hydrogens is 226 g/mol. The van der Waals surface area contributed by atoms with E-state index in [-0.39, 0.29) is 6.61 Å². The number of hydrogen-bond acceptors (Lipinski definition) is 2. The van der Waals surface area contributed by atoms with Gasteiger partial charge in [-0.15, -0.1) is 0 Å². The lowest BCUT2D eigenvalue weighted by Crippen LogP contribution is -2.37. The standard InChI is InChI=1S/C15H27NO2/c1-14(2)8-12-9-15(3,10-14)11-16(12)13(18)6-4-5-7-17/h12,17H,4-11H2,1-3H3. The zero-order chi connectivity index (χ0) is 13.4. The maximum absolute atomic E-state index is 12.3. The molecule has 104 valence electrons. The molecule has 0 aromatic carbocycles. The van der Waals surface area contributed by atoms with Gasteiger partial charge in [-0.1, -0.05) is 20.8 Å². The maximum Gasteiger partial charge on any atom is 0.222 e. The van der Waals surface area contributed by atoms with Gasteiger partial charge in [0, 0.05) is 25.6 Å². The van der Waals surface area contributed by atoms with Gasteiger partial charge in [-0.05, 0) is 42.9 Å². The number of likely N-dealkylation sites (tertiary alicyclic amines) is 1. The van der Waals surface area contributed by atoms with Crippen molar-refractivity contribution in [2.45, 2.75) is 65.3 Å². The van der Waals surface area contributed by atoms with E-state index in [0.29, 0.717) is 29.2 Å². The molecule has 1 aliphatic heterocycles. The van der Waals surface area contributed by atoms with Crippen molar-refractivity contribution in [1.29, 1.82) is 0 Å². The Bertz CT molecular complexity index is 326. The van der Waals surface area contributed by atoms with Crippen LogP contribution in [0.25, 0.3) is 0 Å². The topological polar surface area (TPSA) is 40.5 Å². The number of nitrogens with zero attached hydrogens (tertiary/aromatic N) is 1. The monoisotopic (exact) mass is 253 g/mol. The Morgan fingerprint density at radius 1 is 1.28 bits per heavy atom. The molecule has 1 amide bonds. The van der Waals surface area contributed by atoms with E-state index in [1.54, 1.807) is 0 Å². The summed E-state index contributed by atoms with van der Waals surface area (Å²) < 4.78 is 0. The fraction of sp³-hybridized carbons (Fsp3) is 0.933. The number of rotatable bonds is 4. The van der Waals surface area contributed by atoms with Gasteiger partial charge in [0.15, 0.2) is 0 Å². The number of aliphatic hydroxyl groups excluding tert-OH is 1. The molecule has 0 aromatic heterocycles. The van der Waals surface area contributed by atoms with E-state index >= 15 is 0 Å². The van der Waals surface area contributed by atoms with Crippen molar-refractivity contribution in [1.82, 2.24) is 4.90 Å². The third-order valence-corrected chi connectivity index (χ3v) is 4.53. The summed E-state index contributed by atoms with van der Waals surface area (Å²) in [4.78, 5) is 14.4.